The number of halogens is 7. The average Bonchev–Trinajstić information content (AvgIpc) is 2.87. The summed E-state index contributed by atoms with van der Waals surface area (Å²) in [7, 11) is -3.46. The van der Waals surface area contributed by atoms with Gasteiger partial charge in [0.25, 0.3) is 0 Å². The molecule has 0 amide bonds. The van der Waals surface area contributed by atoms with Gasteiger partial charge in [0.15, 0.2) is 0 Å². The summed E-state index contributed by atoms with van der Waals surface area (Å²) in [5.74, 6) is -1.32. The number of piperidine rings is 1. The number of alkyl halides is 6. The van der Waals surface area contributed by atoms with Crippen LogP contribution < -0.4 is 0 Å². The number of sulfonamides is 1. The lowest BCUT2D eigenvalue weighted by Gasteiger charge is -2.32. The Kier molecular flexibility index (Phi) is 7.69. The van der Waals surface area contributed by atoms with E-state index < -0.39 is 50.2 Å². The van der Waals surface area contributed by atoms with Crippen LogP contribution in [0, 0.1) is 5.82 Å². The molecule has 0 spiro atoms. The fraction of sp³-hybridized carbons (Fsp3) is 0.346. The Bertz CT molecular complexity index is 1480. The molecule has 1 fully saturated rings. The van der Waals surface area contributed by atoms with E-state index >= 15 is 0 Å². The minimum absolute atomic E-state index is 0.0544. The van der Waals surface area contributed by atoms with Crippen LogP contribution in [-0.4, -0.2) is 38.9 Å². The second kappa shape index (κ2) is 10.4. The highest BCUT2D eigenvalue weighted by atomic mass is 32.2. The van der Waals surface area contributed by atoms with Crippen molar-refractivity contribution in [1.82, 2.24) is 4.31 Å². The smallest absolute Gasteiger partial charge is 0.416 e. The van der Waals surface area contributed by atoms with E-state index in [4.69, 9.17) is 4.74 Å². The van der Waals surface area contributed by atoms with E-state index in [1.807, 2.05) is 0 Å². The number of nitrogens with zero attached hydrogens (tertiary/aromatic N) is 1. The van der Waals surface area contributed by atoms with Gasteiger partial charge in [-0.15, -0.1) is 0 Å². The van der Waals surface area contributed by atoms with Gasteiger partial charge in [0.05, 0.1) is 29.6 Å². The van der Waals surface area contributed by atoms with Crippen molar-refractivity contribution in [2.45, 2.75) is 42.4 Å². The fourth-order valence-electron chi connectivity index (χ4n) is 4.73. The molecule has 39 heavy (non-hydrogen) atoms. The monoisotopic (exact) mass is 577 g/mol. The Hall–Kier alpha value is -3.19. The first kappa shape index (κ1) is 28.8. The third-order valence-corrected chi connectivity index (χ3v) is 8.55. The second-order valence-corrected chi connectivity index (χ2v) is 11.2. The van der Waals surface area contributed by atoms with Gasteiger partial charge < -0.3 is 4.74 Å². The molecule has 1 heterocycles. The molecule has 0 bridgehead atoms. The summed E-state index contributed by atoms with van der Waals surface area (Å²) >= 11 is 0. The van der Waals surface area contributed by atoms with Crippen LogP contribution in [0.4, 0.5) is 30.7 Å². The molecular weight excluding hydrogens is 555 g/mol. The van der Waals surface area contributed by atoms with E-state index in [9.17, 15) is 43.9 Å². The SMILES string of the molecule is COC(=O)Cc1cc(C2CCN(S(=O)(=O)c3cc(C(F)(F)F)cc(C(F)(F)F)c3)CC2)c2cc(F)ccc2c1. The van der Waals surface area contributed by atoms with Gasteiger partial charge in [-0.2, -0.15) is 30.6 Å². The predicted octanol–water partition coefficient (Wildman–Crippen LogP) is 6.30. The third-order valence-electron chi connectivity index (χ3n) is 6.68. The van der Waals surface area contributed by atoms with E-state index in [0.717, 1.165) is 4.31 Å². The molecule has 5 nitrogen and oxygen atoms in total. The van der Waals surface area contributed by atoms with Crippen LogP contribution in [0.5, 0.6) is 0 Å². The number of esters is 1. The minimum atomic E-state index is -5.19. The Balaban J connectivity index is 1.65. The Labute approximate surface area is 219 Å². The maximum atomic E-state index is 14.1. The number of ether oxygens (including phenoxy) is 1. The number of fused-ring (bicyclic) bond motifs is 1. The number of rotatable bonds is 5. The third kappa shape index (κ3) is 6.19. The maximum absolute atomic E-state index is 14.1. The van der Waals surface area contributed by atoms with Crippen molar-refractivity contribution in [1.29, 1.82) is 0 Å². The minimum Gasteiger partial charge on any atom is -0.469 e. The van der Waals surface area contributed by atoms with Crippen molar-refractivity contribution < 1.29 is 48.7 Å². The van der Waals surface area contributed by atoms with Crippen LogP contribution in [0.25, 0.3) is 10.8 Å². The second-order valence-electron chi connectivity index (χ2n) is 9.22. The normalized spacial score (nSPS) is 16.0. The van der Waals surface area contributed by atoms with E-state index in [1.54, 1.807) is 18.2 Å². The first-order chi connectivity index (χ1) is 18.1. The predicted molar refractivity (Wildman–Crippen MR) is 127 cm³/mol. The lowest BCUT2D eigenvalue weighted by Crippen LogP contribution is -2.38. The number of methoxy groups -OCH3 is 1. The highest BCUT2D eigenvalue weighted by Crippen LogP contribution is 2.40. The molecule has 1 aliphatic rings. The molecule has 3 aromatic carbocycles. The van der Waals surface area contributed by atoms with Crippen LogP contribution >= 0.6 is 0 Å². The molecule has 0 aromatic heterocycles. The van der Waals surface area contributed by atoms with Gasteiger partial charge in [0.2, 0.25) is 10.0 Å². The van der Waals surface area contributed by atoms with Crippen LogP contribution in [0.1, 0.15) is 41.0 Å². The highest BCUT2D eigenvalue weighted by Gasteiger charge is 2.40. The van der Waals surface area contributed by atoms with Crippen molar-refractivity contribution in [3.8, 4) is 0 Å². The Morgan fingerprint density at radius 1 is 0.923 bits per heavy atom. The van der Waals surface area contributed by atoms with Crippen LogP contribution in [-0.2, 0) is 38.3 Å². The zero-order chi connectivity index (χ0) is 28.8. The first-order valence-corrected chi connectivity index (χ1v) is 13.1. The lowest BCUT2D eigenvalue weighted by atomic mass is 9.85. The van der Waals surface area contributed by atoms with E-state index in [2.05, 4.69) is 0 Å². The number of carbonyl (C=O) groups excluding carboxylic acids is 1. The summed E-state index contributed by atoms with van der Waals surface area (Å²) in [6, 6.07) is 7.80. The van der Waals surface area contributed by atoms with E-state index in [0.29, 0.717) is 21.9 Å². The molecule has 4 rings (SSSR count). The number of hydrogen-bond donors (Lipinski definition) is 0. The molecule has 0 unspecified atom stereocenters. The quantitative estimate of drug-likeness (QED) is 0.264. The fourth-order valence-corrected chi connectivity index (χ4v) is 6.27. The summed E-state index contributed by atoms with van der Waals surface area (Å²) in [5, 5.41) is 1.20. The van der Waals surface area contributed by atoms with Gasteiger partial charge in [-0.05, 0) is 71.0 Å². The molecule has 1 aliphatic heterocycles. The molecule has 0 atom stereocenters. The molecule has 1 saturated heterocycles. The zero-order valence-corrected chi connectivity index (χ0v) is 21.2. The topological polar surface area (TPSA) is 63.7 Å². The summed E-state index contributed by atoms with van der Waals surface area (Å²) in [4.78, 5) is 10.7. The van der Waals surface area contributed by atoms with Crippen molar-refractivity contribution >= 4 is 26.8 Å². The van der Waals surface area contributed by atoms with Gasteiger partial charge in [0.1, 0.15) is 5.82 Å². The Morgan fingerprint density at radius 3 is 2.05 bits per heavy atom. The molecule has 13 heteroatoms. The number of hydrogen-bond acceptors (Lipinski definition) is 4. The first-order valence-electron chi connectivity index (χ1n) is 11.7. The van der Waals surface area contributed by atoms with Gasteiger partial charge in [-0.25, -0.2) is 12.8 Å². The lowest BCUT2D eigenvalue weighted by molar-refractivity contribution is -0.143. The largest absolute Gasteiger partial charge is 0.469 e. The van der Waals surface area contributed by atoms with Crippen LogP contribution in [0.15, 0.2) is 53.4 Å². The van der Waals surface area contributed by atoms with Gasteiger partial charge >= 0.3 is 18.3 Å². The maximum Gasteiger partial charge on any atom is 0.416 e. The van der Waals surface area contributed by atoms with E-state index in [-0.39, 0.29) is 56.5 Å². The molecule has 3 aromatic rings. The molecule has 0 saturated carbocycles. The van der Waals surface area contributed by atoms with Gasteiger partial charge in [-0.1, -0.05) is 18.2 Å². The molecular formula is C26H22F7NO4S. The van der Waals surface area contributed by atoms with E-state index in [1.165, 1.54) is 19.2 Å². The average molecular weight is 578 g/mol. The summed E-state index contributed by atoms with van der Waals surface area (Å²) in [6.45, 7) is -0.384. The standard InChI is InChI=1S/C26H22F7NO4S/c1-38-24(35)10-15-8-17-2-3-20(27)14-23(17)22(9-15)16-4-6-34(7-5-16)39(36,37)21-12-18(25(28,29)30)11-19(13-21)26(31,32)33/h2-3,8-9,11-14,16H,4-7,10H2,1H3. The molecule has 210 valence electrons. The van der Waals surface area contributed by atoms with Crippen LogP contribution in [0.3, 0.4) is 0 Å². The van der Waals surface area contributed by atoms with Crippen molar-refractivity contribution in [3.05, 3.63) is 76.6 Å². The molecule has 0 aliphatic carbocycles. The summed E-state index contributed by atoms with van der Waals surface area (Å²) in [5.41, 5.74) is -2.19. The summed E-state index contributed by atoms with van der Waals surface area (Å²) in [6.07, 6.45) is -10.1. The zero-order valence-electron chi connectivity index (χ0n) is 20.4. The molecule has 0 radical (unpaired) electrons. The number of benzene rings is 3. The Morgan fingerprint density at radius 2 is 1.51 bits per heavy atom. The van der Waals surface area contributed by atoms with Crippen LogP contribution in [0.2, 0.25) is 0 Å². The van der Waals surface area contributed by atoms with Crippen molar-refractivity contribution in [3.63, 3.8) is 0 Å². The van der Waals surface area contributed by atoms with Gasteiger partial charge in [0, 0.05) is 13.1 Å². The van der Waals surface area contributed by atoms with Gasteiger partial charge in [-0.3, -0.25) is 4.79 Å². The highest BCUT2D eigenvalue weighted by molar-refractivity contribution is 7.89. The number of carbonyl (C=O) groups is 1. The van der Waals surface area contributed by atoms with Crippen molar-refractivity contribution in [2.24, 2.45) is 0 Å². The summed E-state index contributed by atoms with van der Waals surface area (Å²) < 4.78 is 125. The van der Waals surface area contributed by atoms with Crippen molar-refractivity contribution in [2.75, 3.05) is 20.2 Å². The molecule has 0 N–H and O–H groups in total.